The molecule has 2 fully saturated rings. The summed E-state index contributed by atoms with van der Waals surface area (Å²) < 4.78 is 0. The fourth-order valence-electron chi connectivity index (χ4n) is 2.88. The topological polar surface area (TPSA) is 58.2 Å². The SMILES string of the molecule is CC1CCC(C)C12C(=O)NC(=S)NC2=O. The first-order chi connectivity index (χ1) is 6.99. The van der Waals surface area contributed by atoms with Crippen LogP contribution < -0.4 is 10.6 Å². The molecule has 1 saturated heterocycles. The van der Waals surface area contributed by atoms with E-state index in [2.05, 4.69) is 10.6 Å². The van der Waals surface area contributed by atoms with E-state index in [9.17, 15) is 9.59 Å². The Labute approximate surface area is 93.8 Å². The van der Waals surface area contributed by atoms with Gasteiger partial charge in [0.1, 0.15) is 5.41 Å². The number of amides is 2. The summed E-state index contributed by atoms with van der Waals surface area (Å²) >= 11 is 4.79. The number of nitrogens with one attached hydrogen (secondary N) is 2. The van der Waals surface area contributed by atoms with Gasteiger partial charge < -0.3 is 10.6 Å². The zero-order valence-corrected chi connectivity index (χ0v) is 9.61. The van der Waals surface area contributed by atoms with E-state index in [1.54, 1.807) is 0 Å². The van der Waals surface area contributed by atoms with Crippen molar-refractivity contribution in [1.29, 1.82) is 0 Å². The van der Waals surface area contributed by atoms with Gasteiger partial charge in [-0.3, -0.25) is 9.59 Å². The zero-order chi connectivity index (χ0) is 11.2. The smallest absolute Gasteiger partial charge is 0.242 e. The molecule has 0 aromatic carbocycles. The number of carbonyl (C=O) groups is 2. The Morgan fingerprint density at radius 3 is 1.93 bits per heavy atom. The minimum absolute atomic E-state index is 0.0793. The summed E-state index contributed by atoms with van der Waals surface area (Å²) in [5.41, 5.74) is -0.900. The van der Waals surface area contributed by atoms with Gasteiger partial charge in [-0.15, -0.1) is 0 Å². The van der Waals surface area contributed by atoms with Crippen molar-refractivity contribution >= 4 is 29.1 Å². The average molecular weight is 226 g/mol. The lowest BCUT2D eigenvalue weighted by Gasteiger charge is -2.38. The minimum atomic E-state index is -0.900. The van der Waals surface area contributed by atoms with E-state index >= 15 is 0 Å². The lowest BCUT2D eigenvalue weighted by molar-refractivity contribution is -0.148. The monoisotopic (exact) mass is 226 g/mol. The van der Waals surface area contributed by atoms with Gasteiger partial charge in [-0.25, -0.2) is 0 Å². The fraction of sp³-hybridized carbons (Fsp3) is 0.700. The van der Waals surface area contributed by atoms with Gasteiger partial charge in [0.2, 0.25) is 11.8 Å². The molecule has 1 aliphatic heterocycles. The second-order valence-corrected chi connectivity index (χ2v) is 4.89. The van der Waals surface area contributed by atoms with Crippen molar-refractivity contribution in [1.82, 2.24) is 10.6 Å². The number of rotatable bonds is 0. The molecule has 2 amide bonds. The summed E-state index contributed by atoms with van der Waals surface area (Å²) in [4.78, 5) is 24.0. The molecule has 2 rings (SSSR count). The molecule has 1 heterocycles. The Bertz CT molecular complexity index is 321. The van der Waals surface area contributed by atoms with Crippen molar-refractivity contribution in [3.05, 3.63) is 0 Å². The summed E-state index contributed by atoms with van der Waals surface area (Å²) in [6.07, 6.45) is 1.82. The van der Waals surface area contributed by atoms with Crippen molar-refractivity contribution < 1.29 is 9.59 Å². The summed E-state index contributed by atoms with van der Waals surface area (Å²) in [6.45, 7) is 3.91. The molecule has 2 unspecified atom stereocenters. The van der Waals surface area contributed by atoms with Crippen LogP contribution in [-0.2, 0) is 9.59 Å². The van der Waals surface area contributed by atoms with E-state index in [1.165, 1.54) is 0 Å². The van der Waals surface area contributed by atoms with E-state index in [4.69, 9.17) is 12.2 Å². The molecule has 0 aromatic rings. The predicted octanol–water partition coefficient (Wildman–Crippen LogP) is 0.570. The Balaban J connectivity index is 2.44. The lowest BCUT2D eigenvalue weighted by Crippen LogP contribution is -2.65. The number of hydrogen-bond donors (Lipinski definition) is 2. The van der Waals surface area contributed by atoms with Gasteiger partial charge in [-0.1, -0.05) is 13.8 Å². The van der Waals surface area contributed by atoms with Crippen LogP contribution in [0.4, 0.5) is 0 Å². The first-order valence-corrected chi connectivity index (χ1v) is 5.57. The zero-order valence-electron chi connectivity index (χ0n) is 8.79. The predicted molar refractivity (Wildman–Crippen MR) is 58.9 cm³/mol. The maximum absolute atomic E-state index is 12.0. The summed E-state index contributed by atoms with van der Waals surface area (Å²) in [6, 6.07) is 0. The molecule has 82 valence electrons. The number of hydrogen-bond acceptors (Lipinski definition) is 3. The highest BCUT2D eigenvalue weighted by molar-refractivity contribution is 7.80. The van der Waals surface area contributed by atoms with E-state index < -0.39 is 5.41 Å². The van der Waals surface area contributed by atoms with Crippen LogP contribution in [0.15, 0.2) is 0 Å². The van der Waals surface area contributed by atoms with Crippen molar-refractivity contribution in [3.63, 3.8) is 0 Å². The highest BCUT2D eigenvalue weighted by atomic mass is 32.1. The van der Waals surface area contributed by atoms with Crippen LogP contribution in [0.3, 0.4) is 0 Å². The van der Waals surface area contributed by atoms with Gasteiger partial charge in [0.25, 0.3) is 0 Å². The molecule has 1 saturated carbocycles. The maximum Gasteiger partial charge on any atom is 0.242 e. The summed E-state index contributed by atoms with van der Waals surface area (Å²) in [5.74, 6) is -0.297. The van der Waals surface area contributed by atoms with Crippen LogP contribution in [-0.4, -0.2) is 16.9 Å². The van der Waals surface area contributed by atoms with Gasteiger partial charge in [0.15, 0.2) is 5.11 Å². The molecular weight excluding hydrogens is 212 g/mol. The molecule has 2 aliphatic rings. The Hall–Kier alpha value is -0.970. The largest absolute Gasteiger partial charge is 0.302 e. The molecule has 1 spiro atoms. The molecule has 15 heavy (non-hydrogen) atoms. The Kier molecular flexibility index (Phi) is 2.30. The third kappa shape index (κ3) is 1.22. The van der Waals surface area contributed by atoms with Gasteiger partial charge in [0, 0.05) is 0 Å². The van der Waals surface area contributed by atoms with Crippen molar-refractivity contribution in [2.24, 2.45) is 17.3 Å². The third-order valence-corrected chi connectivity index (χ3v) is 4.00. The normalized spacial score (nSPS) is 34.1. The Morgan fingerprint density at radius 1 is 1.13 bits per heavy atom. The molecule has 5 heteroatoms. The lowest BCUT2D eigenvalue weighted by atomic mass is 9.71. The maximum atomic E-state index is 12.0. The summed E-state index contributed by atoms with van der Waals surface area (Å²) in [7, 11) is 0. The van der Waals surface area contributed by atoms with Crippen LogP contribution in [0.2, 0.25) is 0 Å². The quantitative estimate of drug-likeness (QED) is 0.469. The fourth-order valence-corrected chi connectivity index (χ4v) is 3.07. The van der Waals surface area contributed by atoms with Gasteiger partial charge in [-0.05, 0) is 36.9 Å². The van der Waals surface area contributed by atoms with E-state index in [0.29, 0.717) is 0 Å². The number of carbonyl (C=O) groups excluding carboxylic acids is 2. The van der Waals surface area contributed by atoms with Crippen LogP contribution in [0.25, 0.3) is 0 Å². The first kappa shape index (κ1) is 10.5. The first-order valence-electron chi connectivity index (χ1n) is 5.16. The van der Waals surface area contributed by atoms with E-state index in [-0.39, 0.29) is 28.8 Å². The Morgan fingerprint density at radius 2 is 1.53 bits per heavy atom. The second kappa shape index (κ2) is 3.27. The van der Waals surface area contributed by atoms with Crippen LogP contribution in [0.1, 0.15) is 26.7 Å². The third-order valence-electron chi connectivity index (χ3n) is 3.79. The molecule has 2 atom stereocenters. The van der Waals surface area contributed by atoms with Crippen LogP contribution >= 0.6 is 12.2 Å². The second-order valence-electron chi connectivity index (χ2n) is 4.49. The molecule has 1 aliphatic carbocycles. The standard InChI is InChI=1S/C10H14N2O2S/c1-5-3-4-6(2)10(5)7(13)11-9(15)12-8(10)14/h5-6H,3-4H2,1-2H3,(H2,11,12,13,14,15). The molecule has 0 radical (unpaired) electrons. The highest BCUT2D eigenvalue weighted by Gasteiger charge is 2.59. The molecule has 2 N–H and O–H groups in total. The van der Waals surface area contributed by atoms with Gasteiger partial charge in [-0.2, -0.15) is 0 Å². The van der Waals surface area contributed by atoms with Gasteiger partial charge in [0.05, 0.1) is 0 Å². The van der Waals surface area contributed by atoms with Crippen molar-refractivity contribution in [3.8, 4) is 0 Å². The van der Waals surface area contributed by atoms with Gasteiger partial charge >= 0.3 is 0 Å². The average Bonchev–Trinajstić information content (AvgIpc) is 2.41. The molecule has 0 bridgehead atoms. The molecule has 0 aromatic heterocycles. The summed E-state index contributed by atoms with van der Waals surface area (Å²) in [5, 5.41) is 5.25. The van der Waals surface area contributed by atoms with Crippen LogP contribution in [0, 0.1) is 17.3 Å². The molecule has 4 nitrogen and oxygen atoms in total. The number of thiocarbonyl (C=S) groups is 1. The van der Waals surface area contributed by atoms with E-state index in [1.807, 2.05) is 13.8 Å². The van der Waals surface area contributed by atoms with E-state index in [0.717, 1.165) is 12.8 Å². The minimum Gasteiger partial charge on any atom is -0.302 e. The highest BCUT2D eigenvalue weighted by Crippen LogP contribution is 2.48. The van der Waals surface area contributed by atoms with Crippen LogP contribution in [0.5, 0.6) is 0 Å². The van der Waals surface area contributed by atoms with Crippen molar-refractivity contribution in [2.75, 3.05) is 0 Å². The molecular formula is C10H14N2O2S. The van der Waals surface area contributed by atoms with Crippen molar-refractivity contribution in [2.45, 2.75) is 26.7 Å².